The lowest BCUT2D eigenvalue weighted by Crippen LogP contribution is -2.49. The van der Waals surface area contributed by atoms with Gasteiger partial charge in [0.05, 0.1) is 0 Å². The van der Waals surface area contributed by atoms with Crippen molar-refractivity contribution in [3.63, 3.8) is 0 Å². The lowest BCUT2D eigenvalue weighted by Gasteiger charge is -2.37. The van der Waals surface area contributed by atoms with E-state index in [2.05, 4.69) is 15.9 Å². The average Bonchev–Trinajstić information content (AvgIpc) is 2.86. The molecule has 2 aliphatic rings. The number of rotatable bonds is 3. The molecule has 2 heterocycles. The van der Waals surface area contributed by atoms with Gasteiger partial charge < -0.3 is 10.0 Å². The smallest absolute Gasteiger partial charge is 0.423 e. The highest BCUT2D eigenvalue weighted by Crippen LogP contribution is 2.22. The molecule has 1 unspecified atom stereocenters. The Hall–Kier alpha value is -0.875. The predicted molar refractivity (Wildman–Crippen MR) is 76.1 cm³/mol. The van der Waals surface area contributed by atoms with E-state index < -0.39 is 7.12 Å². The summed E-state index contributed by atoms with van der Waals surface area (Å²) in [5, 5.41) is 18.4. The summed E-state index contributed by atoms with van der Waals surface area (Å²) < 4.78 is 0. The lowest BCUT2D eigenvalue weighted by atomic mass is 9.79. The van der Waals surface area contributed by atoms with Gasteiger partial charge in [0.15, 0.2) is 0 Å². The Morgan fingerprint density at radius 3 is 2.95 bits per heavy atom. The summed E-state index contributed by atoms with van der Waals surface area (Å²) in [6, 6.07) is 8.35. The van der Waals surface area contributed by atoms with Crippen LogP contribution in [0.2, 0.25) is 0 Å². The molecule has 0 bridgehead atoms. The van der Waals surface area contributed by atoms with E-state index in [0.29, 0.717) is 5.46 Å². The van der Waals surface area contributed by atoms with Crippen molar-refractivity contribution in [2.24, 2.45) is 0 Å². The van der Waals surface area contributed by atoms with Gasteiger partial charge >= 0.3 is 7.12 Å². The first-order valence-electron chi connectivity index (χ1n) is 7.14. The maximum absolute atomic E-state index is 9.21. The zero-order valence-electron chi connectivity index (χ0n) is 11.2. The number of fused-ring (bicyclic) bond motifs is 1. The summed E-state index contributed by atoms with van der Waals surface area (Å²) in [5.41, 5.74) is 1.74. The minimum Gasteiger partial charge on any atom is -0.423 e. The van der Waals surface area contributed by atoms with Gasteiger partial charge in [-0.2, -0.15) is 0 Å². The Morgan fingerprint density at radius 2 is 2.11 bits per heavy atom. The molecule has 1 aromatic carbocycles. The predicted octanol–water partition coefficient (Wildman–Crippen LogP) is -0.354. The minimum atomic E-state index is -1.37. The molecule has 2 N–H and O–H groups in total. The number of piperazine rings is 1. The number of hydrogen-bond donors (Lipinski definition) is 2. The summed E-state index contributed by atoms with van der Waals surface area (Å²) in [6.45, 7) is 5.61. The van der Waals surface area contributed by atoms with Gasteiger partial charge in [-0.25, -0.2) is 0 Å². The van der Waals surface area contributed by atoms with E-state index in [4.69, 9.17) is 0 Å². The van der Waals surface area contributed by atoms with Crippen molar-refractivity contribution < 1.29 is 10.0 Å². The zero-order chi connectivity index (χ0) is 13.2. The van der Waals surface area contributed by atoms with E-state index in [-0.39, 0.29) is 0 Å². The molecule has 0 spiro atoms. The molecule has 2 fully saturated rings. The summed E-state index contributed by atoms with van der Waals surface area (Å²) in [6.07, 6.45) is 2.66. The molecule has 0 aromatic heterocycles. The van der Waals surface area contributed by atoms with Crippen molar-refractivity contribution in [2.45, 2.75) is 25.4 Å². The molecule has 19 heavy (non-hydrogen) atoms. The molecule has 1 atom stereocenters. The first-order valence-corrected chi connectivity index (χ1v) is 7.14. The van der Waals surface area contributed by atoms with Gasteiger partial charge in [0.25, 0.3) is 0 Å². The van der Waals surface area contributed by atoms with Crippen LogP contribution in [0.15, 0.2) is 24.3 Å². The van der Waals surface area contributed by atoms with E-state index in [1.54, 1.807) is 6.07 Å². The van der Waals surface area contributed by atoms with E-state index in [1.165, 1.54) is 25.9 Å². The van der Waals surface area contributed by atoms with Gasteiger partial charge in [-0.15, -0.1) is 0 Å². The number of hydrogen-bond acceptors (Lipinski definition) is 4. The van der Waals surface area contributed by atoms with Crippen molar-refractivity contribution in [1.29, 1.82) is 0 Å². The quantitative estimate of drug-likeness (QED) is 0.729. The monoisotopic (exact) mass is 260 g/mol. The van der Waals surface area contributed by atoms with Crippen molar-refractivity contribution in [2.75, 3.05) is 26.2 Å². The maximum atomic E-state index is 9.21. The van der Waals surface area contributed by atoms with Crippen molar-refractivity contribution in [1.82, 2.24) is 9.80 Å². The zero-order valence-corrected chi connectivity index (χ0v) is 11.2. The average molecular weight is 260 g/mol. The highest BCUT2D eigenvalue weighted by molar-refractivity contribution is 6.58. The Bertz CT molecular complexity index is 441. The van der Waals surface area contributed by atoms with Crippen LogP contribution in [0, 0.1) is 0 Å². The third-order valence-corrected chi connectivity index (χ3v) is 4.33. The molecule has 2 saturated heterocycles. The Balaban J connectivity index is 1.63. The third-order valence-electron chi connectivity index (χ3n) is 4.33. The molecule has 0 aliphatic carbocycles. The molecule has 102 valence electrons. The fraction of sp³-hybridized carbons (Fsp3) is 0.571. The molecule has 2 aliphatic heterocycles. The van der Waals surface area contributed by atoms with Crippen LogP contribution in [-0.4, -0.2) is 59.2 Å². The topological polar surface area (TPSA) is 46.9 Å². The van der Waals surface area contributed by atoms with Crippen LogP contribution in [0.1, 0.15) is 18.4 Å². The van der Waals surface area contributed by atoms with Crippen LogP contribution in [0.3, 0.4) is 0 Å². The van der Waals surface area contributed by atoms with Crippen molar-refractivity contribution >= 4 is 12.6 Å². The fourth-order valence-corrected chi connectivity index (χ4v) is 3.31. The third kappa shape index (κ3) is 3.00. The number of benzene rings is 1. The van der Waals surface area contributed by atoms with Gasteiger partial charge in [0.1, 0.15) is 0 Å². The minimum absolute atomic E-state index is 0.581. The van der Waals surface area contributed by atoms with Crippen LogP contribution in [0.4, 0.5) is 0 Å². The second kappa shape index (κ2) is 5.63. The first-order chi connectivity index (χ1) is 9.22. The van der Waals surface area contributed by atoms with Crippen molar-refractivity contribution in [3.8, 4) is 0 Å². The maximum Gasteiger partial charge on any atom is 0.488 e. The second-order valence-electron chi connectivity index (χ2n) is 5.69. The first kappa shape index (κ1) is 13.1. The molecule has 1 aromatic rings. The fourth-order valence-electron chi connectivity index (χ4n) is 3.31. The summed E-state index contributed by atoms with van der Waals surface area (Å²) in [7, 11) is -1.37. The van der Waals surface area contributed by atoms with Crippen molar-refractivity contribution in [3.05, 3.63) is 29.8 Å². The van der Waals surface area contributed by atoms with E-state index in [9.17, 15) is 10.0 Å². The Labute approximate surface area is 114 Å². The van der Waals surface area contributed by atoms with Crippen LogP contribution in [-0.2, 0) is 6.54 Å². The molecule has 4 nitrogen and oxygen atoms in total. The normalized spacial score (nSPS) is 24.4. The SMILES string of the molecule is OB(O)c1cccc(CN2CCN3CCCC3C2)c1. The Kier molecular flexibility index (Phi) is 3.89. The van der Waals surface area contributed by atoms with Crippen LogP contribution >= 0.6 is 0 Å². The largest absolute Gasteiger partial charge is 0.488 e. The summed E-state index contributed by atoms with van der Waals surface area (Å²) in [4.78, 5) is 5.08. The lowest BCUT2D eigenvalue weighted by molar-refractivity contribution is 0.0994. The standard InChI is InChI=1S/C14H21BN2O2/c18-15(19)13-4-1-3-12(9-13)10-16-7-8-17-6-2-5-14(17)11-16/h1,3-4,9,14,18-19H,2,5-8,10-11H2. The molecule has 0 radical (unpaired) electrons. The van der Waals surface area contributed by atoms with Gasteiger partial charge in [-0.1, -0.05) is 24.3 Å². The van der Waals surface area contributed by atoms with Gasteiger partial charge in [0, 0.05) is 32.2 Å². The van der Waals surface area contributed by atoms with E-state index in [0.717, 1.165) is 31.2 Å². The number of nitrogens with zero attached hydrogens (tertiary/aromatic N) is 2. The second-order valence-corrected chi connectivity index (χ2v) is 5.69. The van der Waals surface area contributed by atoms with Crippen LogP contribution in [0.25, 0.3) is 0 Å². The van der Waals surface area contributed by atoms with Gasteiger partial charge in [0.2, 0.25) is 0 Å². The van der Waals surface area contributed by atoms with Gasteiger partial charge in [-0.3, -0.25) is 9.80 Å². The highest BCUT2D eigenvalue weighted by atomic mass is 16.4. The molecular formula is C14H21BN2O2. The Morgan fingerprint density at radius 1 is 1.21 bits per heavy atom. The molecule has 5 heteroatoms. The summed E-state index contributed by atoms with van der Waals surface area (Å²) >= 11 is 0. The van der Waals surface area contributed by atoms with Gasteiger partial charge in [-0.05, 0) is 30.4 Å². The molecule has 0 amide bonds. The van der Waals surface area contributed by atoms with Crippen LogP contribution in [0.5, 0.6) is 0 Å². The van der Waals surface area contributed by atoms with E-state index >= 15 is 0 Å². The highest BCUT2D eigenvalue weighted by Gasteiger charge is 2.30. The molecule has 0 saturated carbocycles. The van der Waals surface area contributed by atoms with Crippen LogP contribution < -0.4 is 5.46 Å². The summed E-state index contributed by atoms with van der Waals surface area (Å²) in [5.74, 6) is 0. The molecular weight excluding hydrogens is 239 g/mol. The molecule has 3 rings (SSSR count). The van der Waals surface area contributed by atoms with E-state index in [1.807, 2.05) is 12.1 Å².